The van der Waals surface area contributed by atoms with E-state index in [9.17, 15) is 37.0 Å². The minimum Gasteiger partial charge on any atom is -0.395 e. The van der Waals surface area contributed by atoms with Gasteiger partial charge in [0.1, 0.15) is 11.6 Å². The lowest BCUT2D eigenvalue weighted by Gasteiger charge is -2.42. The van der Waals surface area contributed by atoms with Gasteiger partial charge >= 0.3 is 0 Å². The predicted molar refractivity (Wildman–Crippen MR) is 192 cm³/mol. The van der Waals surface area contributed by atoms with E-state index in [1.807, 2.05) is 45.0 Å². The van der Waals surface area contributed by atoms with Crippen molar-refractivity contribution in [3.63, 3.8) is 0 Å². The van der Waals surface area contributed by atoms with Crippen molar-refractivity contribution in [2.75, 3.05) is 32.8 Å². The maximum atomic E-state index is 14.5. The van der Waals surface area contributed by atoms with Crippen LogP contribution in [0.2, 0.25) is 0 Å². The summed E-state index contributed by atoms with van der Waals surface area (Å²) >= 11 is 0. The van der Waals surface area contributed by atoms with Crippen molar-refractivity contribution >= 4 is 21.8 Å². The van der Waals surface area contributed by atoms with Crippen LogP contribution < -0.4 is 11.1 Å². The lowest BCUT2D eigenvalue weighted by molar-refractivity contribution is -0.132. The molecule has 13 heteroatoms. The number of primary amides is 1. The number of carbonyl (C=O) groups excluding carboxylic acids is 2. The van der Waals surface area contributed by atoms with E-state index in [0.717, 1.165) is 29.7 Å². The minimum atomic E-state index is -4.39. The first kappa shape index (κ1) is 40.3. The molecule has 280 valence electrons. The molecular formula is C38H52F2N4O6S. The fraction of sp³-hybridized carbons (Fsp3) is 0.526. The molecule has 4 atom stereocenters. The maximum absolute atomic E-state index is 14.5. The number of aliphatic hydroxyl groups excluding tert-OH is 2. The van der Waals surface area contributed by atoms with E-state index < -0.39 is 63.6 Å². The molecule has 0 saturated carbocycles. The number of aryl methyl sites for hydroxylation is 1. The van der Waals surface area contributed by atoms with Crippen molar-refractivity contribution in [1.82, 2.24) is 14.5 Å². The molecule has 2 aromatic carbocycles. The largest absolute Gasteiger partial charge is 0.395 e. The molecule has 2 amide bonds. The highest BCUT2D eigenvalue weighted by molar-refractivity contribution is 7.93. The Bertz CT molecular complexity index is 1690. The summed E-state index contributed by atoms with van der Waals surface area (Å²) in [4.78, 5) is 29.3. The molecule has 1 fully saturated rings. The number of aliphatic hydroxyl groups is 2. The number of halogens is 2. The van der Waals surface area contributed by atoms with Gasteiger partial charge in [0.2, 0.25) is 21.8 Å². The van der Waals surface area contributed by atoms with Gasteiger partial charge in [-0.2, -0.15) is 4.31 Å². The van der Waals surface area contributed by atoms with Crippen LogP contribution in [0.1, 0.15) is 69.6 Å². The first-order valence-corrected chi connectivity index (χ1v) is 19.3. The third-order valence-corrected chi connectivity index (χ3v) is 11.9. The van der Waals surface area contributed by atoms with Crippen molar-refractivity contribution in [3.8, 4) is 0 Å². The third kappa shape index (κ3) is 9.50. The van der Waals surface area contributed by atoms with Crippen molar-refractivity contribution in [2.45, 2.75) is 84.4 Å². The summed E-state index contributed by atoms with van der Waals surface area (Å²) in [6, 6.07) is 10.1. The van der Waals surface area contributed by atoms with Gasteiger partial charge in [-0.3, -0.25) is 9.59 Å². The monoisotopic (exact) mass is 730 g/mol. The summed E-state index contributed by atoms with van der Waals surface area (Å²) in [7, 11) is -4.39. The smallest absolute Gasteiger partial charge is 0.249 e. The number of hydrogen-bond acceptors (Lipinski definition) is 7. The zero-order chi connectivity index (χ0) is 37.3. The van der Waals surface area contributed by atoms with Crippen molar-refractivity contribution in [3.05, 3.63) is 93.4 Å². The normalized spacial score (nSPS) is 20.8. The first-order valence-electron chi connectivity index (χ1n) is 17.9. The molecular weight excluding hydrogens is 679 g/mol. The molecule has 51 heavy (non-hydrogen) atoms. The fourth-order valence-corrected chi connectivity index (χ4v) is 9.22. The van der Waals surface area contributed by atoms with Crippen LogP contribution in [-0.2, 0) is 39.0 Å². The second kappa shape index (κ2) is 17.8. The lowest BCUT2D eigenvalue weighted by Crippen LogP contribution is -2.52. The van der Waals surface area contributed by atoms with Crippen LogP contribution in [0.4, 0.5) is 8.78 Å². The van der Waals surface area contributed by atoms with Crippen LogP contribution in [0.25, 0.3) is 0 Å². The Morgan fingerprint density at radius 1 is 1.06 bits per heavy atom. The van der Waals surface area contributed by atoms with Crippen molar-refractivity contribution in [1.29, 1.82) is 0 Å². The summed E-state index contributed by atoms with van der Waals surface area (Å²) < 4.78 is 58.8. The second-order valence-electron chi connectivity index (χ2n) is 13.6. The summed E-state index contributed by atoms with van der Waals surface area (Å²) in [5.41, 5.74) is 6.44. The molecule has 1 aliphatic heterocycles. The number of nitrogens with two attached hydrogens (primary N) is 1. The molecule has 0 radical (unpaired) electrons. The number of carbonyl (C=O) groups is 2. The molecule has 2 aromatic rings. The van der Waals surface area contributed by atoms with Gasteiger partial charge in [-0.25, -0.2) is 17.2 Å². The molecule has 1 unspecified atom stereocenters. The van der Waals surface area contributed by atoms with E-state index in [0.29, 0.717) is 51.4 Å². The fourth-order valence-electron chi connectivity index (χ4n) is 7.36. The number of nitrogens with zero attached hydrogens (tertiary/aromatic N) is 2. The number of rotatable bonds is 18. The Morgan fingerprint density at radius 2 is 1.73 bits per heavy atom. The molecule has 5 N–H and O–H groups in total. The average molecular weight is 731 g/mol. The van der Waals surface area contributed by atoms with Crippen LogP contribution in [-0.4, -0.2) is 84.6 Å². The quantitative estimate of drug-likeness (QED) is 0.181. The predicted octanol–water partition coefficient (Wildman–Crippen LogP) is 3.96. The second-order valence-corrected chi connectivity index (χ2v) is 15.5. The Balaban J connectivity index is 1.86. The van der Waals surface area contributed by atoms with Crippen LogP contribution >= 0.6 is 0 Å². The first-order chi connectivity index (χ1) is 24.3. The topological polar surface area (TPSA) is 153 Å². The Morgan fingerprint density at radius 3 is 2.33 bits per heavy atom. The molecule has 1 heterocycles. The van der Waals surface area contributed by atoms with Crippen LogP contribution in [0.15, 0.2) is 65.1 Å². The average Bonchev–Trinajstić information content (AvgIpc) is 3.60. The summed E-state index contributed by atoms with van der Waals surface area (Å²) in [5, 5.41) is 25.2. The van der Waals surface area contributed by atoms with Gasteiger partial charge in [-0.15, -0.1) is 0 Å². The van der Waals surface area contributed by atoms with E-state index in [4.69, 9.17) is 5.73 Å². The number of hydrogen-bond donors (Lipinski definition) is 4. The van der Waals surface area contributed by atoms with Crippen LogP contribution in [0.3, 0.4) is 0 Å². The van der Waals surface area contributed by atoms with E-state index in [1.165, 1.54) is 16.5 Å². The molecule has 0 spiro atoms. The number of benzene rings is 2. The van der Waals surface area contributed by atoms with Crippen molar-refractivity contribution < 1.29 is 37.0 Å². The zero-order valence-electron chi connectivity index (χ0n) is 29.8. The highest BCUT2D eigenvalue weighted by Gasteiger charge is 2.51. The number of allylic oxidation sites excluding steroid dienone is 1. The number of nitrogens with one attached hydrogen (secondary N) is 1. The van der Waals surface area contributed by atoms with Crippen molar-refractivity contribution in [2.24, 2.45) is 17.1 Å². The van der Waals surface area contributed by atoms with Gasteiger partial charge in [0, 0.05) is 56.3 Å². The van der Waals surface area contributed by atoms with E-state index in [1.54, 1.807) is 4.90 Å². The van der Waals surface area contributed by atoms with Gasteiger partial charge in [-0.1, -0.05) is 45.0 Å². The van der Waals surface area contributed by atoms with E-state index >= 15 is 0 Å². The molecule has 10 nitrogen and oxygen atoms in total. The SMILES string of the molecule is CCCN(CCC)C(=O)C1=CC(S(=O)(=O)N2CCC[C@H]2CO)=CC(C(N)=O)([C@H](Cc2cc(F)cc(F)c2)[C@@H](O)CNCc2cccc(CC)c2)C1. The highest BCUT2D eigenvalue weighted by Crippen LogP contribution is 2.46. The minimum absolute atomic E-state index is 0.0171. The van der Waals surface area contributed by atoms with Gasteiger partial charge in [-0.05, 0) is 85.9 Å². The maximum Gasteiger partial charge on any atom is 0.249 e. The zero-order valence-corrected chi connectivity index (χ0v) is 30.6. The summed E-state index contributed by atoms with van der Waals surface area (Å²) in [5.74, 6) is -4.42. The summed E-state index contributed by atoms with van der Waals surface area (Å²) in [6.07, 6.45) is 3.51. The Kier molecular flexibility index (Phi) is 14.1. The summed E-state index contributed by atoms with van der Waals surface area (Å²) in [6.45, 7) is 6.61. The van der Waals surface area contributed by atoms with Gasteiger partial charge in [0.15, 0.2) is 0 Å². The number of amides is 2. The van der Waals surface area contributed by atoms with Crippen LogP contribution in [0.5, 0.6) is 0 Å². The molecule has 4 rings (SSSR count). The molecule has 0 bridgehead atoms. The number of sulfonamides is 1. The van der Waals surface area contributed by atoms with E-state index in [-0.39, 0.29) is 42.0 Å². The standard InChI is InChI=1S/C38H52F2N4O6S/c1-4-12-43(13-5-2)36(47)29-19-33(51(49,50)44-14-8-11-32(44)25-45)22-38(21-29,37(41)48)34(18-28-16-30(39)20-31(40)17-28)35(46)24-42-23-27-10-7-9-26(6-3)15-27/h7,9-10,15-17,19-20,22,32,34-35,42,45-46H,4-6,8,11-14,18,21,23-25H2,1-3H3,(H2,41,48)/t32-,34+,35-,38?/m0/s1. The van der Waals surface area contributed by atoms with Gasteiger partial charge in [0.25, 0.3) is 0 Å². The highest BCUT2D eigenvalue weighted by atomic mass is 32.2. The Hall–Kier alpha value is -3.49. The van der Waals surface area contributed by atoms with Crippen LogP contribution in [0, 0.1) is 23.0 Å². The molecule has 0 aromatic heterocycles. The molecule has 1 saturated heterocycles. The van der Waals surface area contributed by atoms with E-state index in [2.05, 4.69) is 5.32 Å². The molecule has 1 aliphatic carbocycles. The third-order valence-electron chi connectivity index (χ3n) is 9.93. The Labute approximate surface area is 300 Å². The lowest BCUT2D eigenvalue weighted by atomic mass is 9.64. The van der Waals surface area contributed by atoms with Gasteiger partial charge in [0.05, 0.1) is 23.0 Å². The van der Waals surface area contributed by atoms with Gasteiger partial charge < -0.3 is 26.2 Å². The molecule has 2 aliphatic rings.